The van der Waals surface area contributed by atoms with Crippen LogP contribution in [0.4, 0.5) is 32.0 Å². The van der Waals surface area contributed by atoms with Gasteiger partial charge in [0, 0.05) is 16.9 Å². The largest absolute Gasteiger partial charge is 0.573 e. The molecule has 0 unspecified atom stereocenters. The Labute approximate surface area is 252 Å². The molecule has 0 atom stereocenters. The van der Waals surface area contributed by atoms with Gasteiger partial charge in [0.2, 0.25) is 5.82 Å². The number of hydrogen-bond acceptors (Lipinski definition) is 8. The summed E-state index contributed by atoms with van der Waals surface area (Å²) in [4.78, 5) is 30.4. The van der Waals surface area contributed by atoms with Gasteiger partial charge in [-0.2, -0.15) is 18.2 Å². The number of pyridine rings is 1. The molecule has 5 rings (SSSR count). The molecule has 2 aromatic carbocycles. The third-order valence-electron chi connectivity index (χ3n) is 6.86. The summed E-state index contributed by atoms with van der Waals surface area (Å²) < 4.78 is 79.7. The first-order valence-corrected chi connectivity index (χ1v) is 13.4. The molecule has 1 N–H and O–H groups in total. The summed E-state index contributed by atoms with van der Waals surface area (Å²) in [5.41, 5.74) is 3.32. The summed E-state index contributed by atoms with van der Waals surface area (Å²) >= 11 is 0. The molecule has 0 bridgehead atoms. The van der Waals surface area contributed by atoms with Crippen LogP contribution in [0.15, 0.2) is 70.0 Å². The van der Waals surface area contributed by atoms with Crippen molar-refractivity contribution in [3.05, 3.63) is 82.3 Å². The van der Waals surface area contributed by atoms with Gasteiger partial charge in [0.05, 0.1) is 39.8 Å². The van der Waals surface area contributed by atoms with Gasteiger partial charge in [-0.15, -0.1) is 13.2 Å². The van der Waals surface area contributed by atoms with Crippen molar-refractivity contribution >= 4 is 11.7 Å². The Morgan fingerprint density at radius 2 is 1.67 bits per heavy atom. The number of carbonyl (C=O) groups is 1. The van der Waals surface area contributed by atoms with Crippen LogP contribution in [0.3, 0.4) is 0 Å². The Morgan fingerprint density at radius 3 is 2.27 bits per heavy atom. The molecule has 4 aromatic rings. The van der Waals surface area contributed by atoms with Crippen LogP contribution in [0, 0.1) is 6.92 Å². The summed E-state index contributed by atoms with van der Waals surface area (Å²) in [5.74, 6) is -3.19. The number of nitrogens with zero attached hydrogens (tertiary/aromatic N) is 4. The predicted molar refractivity (Wildman–Crippen MR) is 146 cm³/mol. The molecule has 0 aliphatic carbocycles. The molecule has 240 valence electrons. The monoisotopic (exact) mass is 639 g/mol. The van der Waals surface area contributed by atoms with Crippen molar-refractivity contribution in [2.24, 2.45) is 0 Å². The lowest BCUT2D eigenvalue weighted by molar-refractivity contribution is -0.880. The van der Waals surface area contributed by atoms with E-state index in [2.05, 4.69) is 39.0 Å². The first-order chi connectivity index (χ1) is 21.1. The fraction of sp³-hybridized carbons (Fsp3) is 0.310. The zero-order valence-electron chi connectivity index (χ0n) is 23.9. The van der Waals surface area contributed by atoms with Crippen molar-refractivity contribution in [1.82, 2.24) is 14.7 Å². The van der Waals surface area contributed by atoms with Crippen molar-refractivity contribution in [2.45, 2.75) is 26.0 Å². The minimum Gasteiger partial charge on any atom is -0.542 e. The molecule has 16 heteroatoms. The Morgan fingerprint density at radius 1 is 1.02 bits per heavy atom. The zero-order valence-corrected chi connectivity index (χ0v) is 23.9. The number of aromatic nitrogens is 3. The van der Waals surface area contributed by atoms with Gasteiger partial charge >= 0.3 is 12.5 Å². The lowest BCUT2D eigenvalue weighted by Gasteiger charge is -2.32. The van der Waals surface area contributed by atoms with E-state index < -0.39 is 18.5 Å². The van der Waals surface area contributed by atoms with E-state index in [9.17, 15) is 31.1 Å². The molecule has 0 saturated carbocycles. The number of aliphatic carboxylic acids is 1. The average molecular weight is 640 g/mol. The summed E-state index contributed by atoms with van der Waals surface area (Å²) in [5, 5.41) is 12.7. The number of benzene rings is 2. The number of carboxylic acid groups (broad SMARTS) is 1. The molecule has 1 fully saturated rings. The van der Waals surface area contributed by atoms with E-state index in [4.69, 9.17) is 14.4 Å². The van der Waals surface area contributed by atoms with Gasteiger partial charge in [0.1, 0.15) is 17.3 Å². The van der Waals surface area contributed by atoms with E-state index in [1.165, 1.54) is 17.0 Å². The van der Waals surface area contributed by atoms with Crippen molar-refractivity contribution in [1.29, 1.82) is 0 Å². The molecule has 0 spiro atoms. The van der Waals surface area contributed by atoms with Crippen molar-refractivity contribution in [2.75, 3.05) is 38.1 Å². The summed E-state index contributed by atoms with van der Waals surface area (Å²) in [6.45, 7) is 6.39. The highest BCUT2D eigenvalue weighted by atomic mass is 19.4. The molecule has 1 aliphatic rings. The molecule has 3 heterocycles. The number of rotatable bonds is 6. The number of piperazine rings is 1. The third-order valence-corrected chi connectivity index (χ3v) is 6.86. The number of quaternary nitrogens is 1. The van der Waals surface area contributed by atoms with Gasteiger partial charge in [0.15, 0.2) is 0 Å². The van der Waals surface area contributed by atoms with Crippen LogP contribution >= 0.6 is 0 Å². The first kappa shape index (κ1) is 33.0. The average Bonchev–Trinajstić information content (AvgIpc) is 3.45. The Hall–Kier alpha value is -4.86. The van der Waals surface area contributed by atoms with Crippen LogP contribution in [0.25, 0.3) is 22.8 Å². The molecule has 10 nitrogen and oxygen atoms in total. The zero-order chi connectivity index (χ0) is 32.9. The molecule has 0 radical (unpaired) electrons. The number of hydrogen-bond donors (Lipinski definition) is 1. The summed E-state index contributed by atoms with van der Waals surface area (Å²) in [7, 11) is 2.20. The van der Waals surface area contributed by atoms with E-state index in [1.807, 2.05) is 25.1 Å². The molecule has 45 heavy (non-hydrogen) atoms. The number of halogens is 6. The van der Waals surface area contributed by atoms with Gasteiger partial charge in [-0.25, -0.2) is 0 Å². The van der Waals surface area contributed by atoms with E-state index in [0.29, 0.717) is 12.1 Å². The SMILES string of the molecule is Cc1ccc(-c2nc(-c3ccc(OC(F)(F)F)cc3)no2)c(=O)n1Cc1cccc(N2CC[NH+](C)CC2)c1.O=C([O-])C(F)(F)F. The smallest absolute Gasteiger partial charge is 0.542 e. The Balaban J connectivity index is 0.000000591. The number of carboxylic acids is 1. The lowest BCUT2D eigenvalue weighted by Crippen LogP contribution is -3.12. The normalized spacial score (nSPS) is 14.1. The van der Waals surface area contributed by atoms with Crippen LogP contribution in [-0.4, -0.2) is 66.4 Å². The van der Waals surface area contributed by atoms with Gasteiger partial charge in [0.25, 0.3) is 11.4 Å². The maximum Gasteiger partial charge on any atom is 0.573 e. The van der Waals surface area contributed by atoms with E-state index >= 15 is 0 Å². The van der Waals surface area contributed by atoms with Gasteiger partial charge in [-0.1, -0.05) is 17.3 Å². The maximum absolute atomic E-state index is 13.4. The molecule has 1 saturated heterocycles. The first-order valence-electron chi connectivity index (χ1n) is 13.4. The van der Waals surface area contributed by atoms with Gasteiger partial charge in [-0.3, -0.25) is 4.79 Å². The molecular formula is C29H27F6N5O5. The molecule has 2 aromatic heterocycles. The van der Waals surface area contributed by atoms with E-state index in [1.54, 1.807) is 10.6 Å². The van der Waals surface area contributed by atoms with E-state index in [-0.39, 0.29) is 28.6 Å². The van der Waals surface area contributed by atoms with Crippen LogP contribution in [-0.2, 0) is 11.3 Å². The lowest BCUT2D eigenvalue weighted by atomic mass is 10.1. The highest BCUT2D eigenvalue weighted by Crippen LogP contribution is 2.26. The Bertz CT molecular complexity index is 1680. The number of nitrogens with one attached hydrogen (secondary N) is 1. The summed E-state index contributed by atoms with van der Waals surface area (Å²) in [6.07, 6.45) is -9.97. The number of aryl methyl sites for hydroxylation is 1. The van der Waals surface area contributed by atoms with Gasteiger partial charge < -0.3 is 33.5 Å². The minimum absolute atomic E-state index is 0.0306. The van der Waals surface area contributed by atoms with Crippen molar-refractivity contribution < 1.29 is 50.4 Å². The van der Waals surface area contributed by atoms with E-state index in [0.717, 1.165) is 55.3 Å². The Kier molecular flexibility index (Phi) is 9.85. The molecular weight excluding hydrogens is 612 g/mol. The van der Waals surface area contributed by atoms with Crippen molar-refractivity contribution in [3.63, 3.8) is 0 Å². The second-order valence-corrected chi connectivity index (χ2v) is 10.2. The van der Waals surface area contributed by atoms with Gasteiger partial charge in [-0.05, 0) is 61.0 Å². The van der Waals surface area contributed by atoms with Crippen LogP contribution in [0.5, 0.6) is 5.75 Å². The summed E-state index contributed by atoms with van der Waals surface area (Å²) in [6, 6.07) is 16.8. The third kappa shape index (κ3) is 8.84. The second kappa shape index (κ2) is 13.4. The quantitative estimate of drug-likeness (QED) is 0.320. The topological polar surface area (TPSA) is 118 Å². The molecule has 1 aliphatic heterocycles. The maximum atomic E-state index is 13.4. The highest BCUT2D eigenvalue weighted by Gasteiger charge is 2.31. The van der Waals surface area contributed by atoms with Crippen LogP contribution in [0.2, 0.25) is 0 Å². The molecule has 0 amide bonds. The number of likely N-dealkylation sites (N-methyl/N-ethyl adjacent to an activating group) is 1. The van der Waals surface area contributed by atoms with Crippen molar-refractivity contribution in [3.8, 4) is 28.6 Å². The second-order valence-electron chi connectivity index (χ2n) is 10.2. The van der Waals surface area contributed by atoms with Crippen LogP contribution in [0.1, 0.15) is 11.3 Å². The number of anilines is 1. The fourth-order valence-corrected chi connectivity index (χ4v) is 4.47. The fourth-order valence-electron chi connectivity index (χ4n) is 4.47. The standard InChI is InChI=1S/C27H26F3N5O3.C2HF3O2/c1-18-6-11-23(25-31-24(32-38-25)20-7-9-22(10-8-20)37-27(28,29)30)26(36)35(18)17-19-4-3-5-21(16-19)34-14-12-33(2)13-15-34;3-2(4,5)1(6)7/h3-11,16H,12-15,17H2,1-2H3;(H,6,7). The minimum atomic E-state index is -5.19. The van der Waals surface area contributed by atoms with Crippen LogP contribution < -0.4 is 25.2 Å². The number of alkyl halides is 6. The highest BCUT2D eigenvalue weighted by molar-refractivity contribution is 5.70. The predicted octanol–water partition coefficient (Wildman–Crippen LogP) is 2.45. The number of carbonyl (C=O) groups excluding carboxylic acids is 1. The number of ether oxygens (including phenoxy) is 1.